The molecule has 0 radical (unpaired) electrons. The van der Waals surface area contributed by atoms with Crippen molar-refractivity contribution < 1.29 is 27.9 Å². The number of aliphatic hydroxyl groups is 1. The summed E-state index contributed by atoms with van der Waals surface area (Å²) in [6.45, 7) is 0. The van der Waals surface area contributed by atoms with E-state index in [2.05, 4.69) is 10.3 Å². The molecule has 0 saturated heterocycles. The zero-order valence-corrected chi connectivity index (χ0v) is 17.0. The molecule has 2 aromatic carbocycles. The van der Waals surface area contributed by atoms with Gasteiger partial charge in [-0.1, -0.05) is 0 Å². The predicted molar refractivity (Wildman–Crippen MR) is 111 cm³/mol. The molecule has 5 rings (SSSR count). The molecule has 2 aliphatic rings. The van der Waals surface area contributed by atoms with Crippen LogP contribution in [-0.2, 0) is 9.59 Å². The second-order valence-electron chi connectivity index (χ2n) is 8.65. The van der Waals surface area contributed by atoms with Gasteiger partial charge in [0.2, 0.25) is 5.91 Å². The monoisotopic (exact) mass is 442 g/mol. The highest BCUT2D eigenvalue weighted by Crippen LogP contribution is 2.48. The molecule has 2 saturated carbocycles. The lowest BCUT2D eigenvalue weighted by Crippen LogP contribution is -2.48. The predicted octanol–water partition coefficient (Wildman–Crippen LogP) is 3.95. The number of halogens is 3. The molecular formula is C24H21F3N2O3. The van der Waals surface area contributed by atoms with E-state index in [-0.39, 0.29) is 35.5 Å². The van der Waals surface area contributed by atoms with Crippen LogP contribution >= 0.6 is 0 Å². The number of aliphatic hydroxyl groups excluding tert-OH is 1. The van der Waals surface area contributed by atoms with Gasteiger partial charge in [-0.05, 0) is 66.6 Å². The fourth-order valence-electron chi connectivity index (χ4n) is 4.85. The van der Waals surface area contributed by atoms with E-state index in [1.54, 1.807) is 12.1 Å². The van der Waals surface area contributed by atoms with Gasteiger partial charge in [0.05, 0.1) is 17.3 Å². The average molecular weight is 442 g/mol. The van der Waals surface area contributed by atoms with Crippen molar-refractivity contribution in [1.29, 1.82) is 0 Å². The van der Waals surface area contributed by atoms with Crippen LogP contribution in [0.3, 0.4) is 0 Å². The lowest BCUT2D eigenvalue weighted by atomic mass is 9.69. The maximum Gasteiger partial charge on any atom is 0.223 e. The van der Waals surface area contributed by atoms with Crippen LogP contribution in [0.15, 0.2) is 36.4 Å². The van der Waals surface area contributed by atoms with E-state index < -0.39 is 29.6 Å². The second kappa shape index (κ2) is 7.78. The number of carbonyl (C=O) groups excluding carboxylic acids is 2. The number of hydrogen-bond donors (Lipinski definition) is 3. The van der Waals surface area contributed by atoms with Crippen LogP contribution < -0.4 is 5.32 Å². The summed E-state index contributed by atoms with van der Waals surface area (Å²) >= 11 is 0. The van der Waals surface area contributed by atoms with Crippen LogP contribution in [0, 0.1) is 23.4 Å². The number of ketones is 1. The lowest BCUT2D eigenvalue weighted by molar-refractivity contribution is -0.132. The van der Waals surface area contributed by atoms with Crippen LogP contribution in [0.5, 0.6) is 0 Å². The maximum absolute atomic E-state index is 14.5. The molecule has 1 aromatic heterocycles. The first-order valence-electron chi connectivity index (χ1n) is 10.6. The highest BCUT2D eigenvalue weighted by molar-refractivity contribution is 5.94. The van der Waals surface area contributed by atoms with Gasteiger partial charge in [0, 0.05) is 23.8 Å². The Morgan fingerprint density at radius 2 is 1.78 bits per heavy atom. The van der Waals surface area contributed by atoms with Gasteiger partial charge < -0.3 is 15.4 Å². The number of aromatic nitrogens is 1. The van der Waals surface area contributed by atoms with Crippen molar-refractivity contribution in [3.63, 3.8) is 0 Å². The summed E-state index contributed by atoms with van der Waals surface area (Å²) in [5, 5.41) is 12.9. The van der Waals surface area contributed by atoms with Crippen molar-refractivity contribution in [2.24, 2.45) is 5.92 Å². The number of nitrogens with one attached hydrogen (secondary N) is 2. The third kappa shape index (κ3) is 3.48. The Hall–Kier alpha value is -3.13. The van der Waals surface area contributed by atoms with E-state index >= 15 is 0 Å². The van der Waals surface area contributed by atoms with Crippen molar-refractivity contribution >= 4 is 22.6 Å². The number of fused-ring (bicyclic) bond motifs is 1. The van der Waals surface area contributed by atoms with Crippen molar-refractivity contribution in [2.45, 2.75) is 43.7 Å². The zero-order valence-electron chi connectivity index (χ0n) is 17.0. The minimum atomic E-state index is -0.869. The molecule has 1 amide bonds. The fourth-order valence-corrected chi connectivity index (χ4v) is 4.85. The average Bonchev–Trinajstić information content (AvgIpc) is 3.23. The Balaban J connectivity index is 1.44. The third-order valence-electron chi connectivity index (χ3n) is 6.63. The summed E-state index contributed by atoms with van der Waals surface area (Å²) in [6.07, 6.45) is 0.578. The molecule has 0 spiro atoms. The van der Waals surface area contributed by atoms with E-state index in [4.69, 9.17) is 0 Å². The molecular weight excluding hydrogens is 421 g/mol. The summed E-state index contributed by atoms with van der Waals surface area (Å²) in [5.41, 5.74) is 2.04. The zero-order chi connectivity index (χ0) is 22.6. The van der Waals surface area contributed by atoms with Gasteiger partial charge in [-0.25, -0.2) is 13.2 Å². The first-order valence-corrected chi connectivity index (χ1v) is 10.6. The molecule has 166 valence electrons. The Morgan fingerprint density at radius 3 is 2.44 bits per heavy atom. The van der Waals surface area contributed by atoms with E-state index in [0.29, 0.717) is 41.5 Å². The van der Waals surface area contributed by atoms with Crippen molar-refractivity contribution in [3.05, 3.63) is 59.4 Å². The molecule has 0 aliphatic heterocycles. The van der Waals surface area contributed by atoms with Gasteiger partial charge in [-0.3, -0.25) is 9.59 Å². The molecule has 1 heterocycles. The van der Waals surface area contributed by atoms with Crippen LogP contribution in [0.2, 0.25) is 0 Å². The topological polar surface area (TPSA) is 82.2 Å². The molecule has 2 aliphatic carbocycles. The third-order valence-corrected chi connectivity index (χ3v) is 6.63. The standard InChI is InChI=1S/C24H21F3N2O3/c25-14-3-1-11(2-4-14)21-20(16-9-15(26)10-17(27)22(16)28-21)12-7-13(8-12)24(32)29-23-18(30)5-6-19(23)31/h1-4,9-10,12-13,18,23,28,30H,5-8H2,(H,29,32)/t12?,13?,18-,23+/m1/s1. The number of carbonyl (C=O) groups is 2. The summed E-state index contributed by atoms with van der Waals surface area (Å²) < 4.78 is 41.9. The molecule has 32 heavy (non-hydrogen) atoms. The quantitative estimate of drug-likeness (QED) is 0.572. The number of H-pyrrole nitrogens is 1. The molecule has 3 N–H and O–H groups in total. The number of Topliss-reactive ketones (excluding diaryl/α,β-unsaturated/α-hetero) is 1. The Bertz CT molecular complexity index is 1220. The molecule has 0 bridgehead atoms. The van der Waals surface area contributed by atoms with Crippen LogP contribution in [0.4, 0.5) is 13.2 Å². The van der Waals surface area contributed by atoms with E-state index in [0.717, 1.165) is 6.07 Å². The summed E-state index contributed by atoms with van der Waals surface area (Å²) in [6, 6.07) is 6.91. The first kappa shape index (κ1) is 20.8. The number of hydrogen-bond acceptors (Lipinski definition) is 3. The van der Waals surface area contributed by atoms with Gasteiger partial charge in [0.1, 0.15) is 23.5 Å². The van der Waals surface area contributed by atoms with E-state index in [1.165, 1.54) is 18.2 Å². The van der Waals surface area contributed by atoms with Crippen molar-refractivity contribution in [2.75, 3.05) is 0 Å². The Labute approximate surface area is 181 Å². The number of aromatic amines is 1. The Kier molecular flexibility index (Phi) is 5.04. The largest absolute Gasteiger partial charge is 0.390 e. The highest BCUT2D eigenvalue weighted by atomic mass is 19.1. The van der Waals surface area contributed by atoms with Crippen LogP contribution in [0.25, 0.3) is 22.2 Å². The van der Waals surface area contributed by atoms with Crippen LogP contribution in [-0.4, -0.2) is 33.9 Å². The van der Waals surface area contributed by atoms with Gasteiger partial charge >= 0.3 is 0 Å². The number of amides is 1. The molecule has 2 atom stereocenters. The molecule has 8 heteroatoms. The number of benzene rings is 2. The molecule has 3 aromatic rings. The molecule has 0 unspecified atom stereocenters. The second-order valence-corrected chi connectivity index (χ2v) is 8.65. The maximum atomic E-state index is 14.5. The molecule has 5 nitrogen and oxygen atoms in total. The van der Waals surface area contributed by atoms with E-state index in [9.17, 15) is 27.9 Å². The van der Waals surface area contributed by atoms with Gasteiger partial charge in [0.25, 0.3) is 0 Å². The highest BCUT2D eigenvalue weighted by Gasteiger charge is 2.41. The normalized spacial score (nSPS) is 25.2. The smallest absolute Gasteiger partial charge is 0.223 e. The van der Waals surface area contributed by atoms with Gasteiger partial charge in [0.15, 0.2) is 5.78 Å². The van der Waals surface area contributed by atoms with Crippen molar-refractivity contribution in [3.8, 4) is 11.3 Å². The summed E-state index contributed by atoms with van der Waals surface area (Å²) in [4.78, 5) is 27.5. The minimum Gasteiger partial charge on any atom is -0.390 e. The SMILES string of the molecule is O=C(N[C@@H]1C(=O)CC[C@H]1O)C1CC(c2c(-c3ccc(F)cc3)[nH]c3c(F)cc(F)cc23)C1. The van der Waals surface area contributed by atoms with Gasteiger partial charge in [-0.15, -0.1) is 0 Å². The molecule has 2 fully saturated rings. The number of rotatable bonds is 4. The van der Waals surface area contributed by atoms with Crippen molar-refractivity contribution in [1.82, 2.24) is 10.3 Å². The summed E-state index contributed by atoms with van der Waals surface area (Å²) in [5.74, 6) is -2.84. The Morgan fingerprint density at radius 1 is 1.06 bits per heavy atom. The van der Waals surface area contributed by atoms with Crippen LogP contribution in [0.1, 0.15) is 37.2 Å². The summed E-state index contributed by atoms with van der Waals surface area (Å²) in [7, 11) is 0. The van der Waals surface area contributed by atoms with Gasteiger partial charge in [-0.2, -0.15) is 0 Å². The fraction of sp³-hybridized carbons (Fsp3) is 0.333. The first-order chi connectivity index (χ1) is 15.3. The lowest BCUT2D eigenvalue weighted by Gasteiger charge is -2.35. The van der Waals surface area contributed by atoms with E-state index in [1.807, 2.05) is 0 Å². The minimum absolute atomic E-state index is 0.148.